The second kappa shape index (κ2) is 4.81. The van der Waals surface area contributed by atoms with Crippen LogP contribution in [0.1, 0.15) is 29.8 Å². The average molecular weight is 197 g/mol. The fourth-order valence-corrected chi connectivity index (χ4v) is 1.31. The summed E-state index contributed by atoms with van der Waals surface area (Å²) in [6.07, 6.45) is 2.78. The van der Waals surface area contributed by atoms with Crippen molar-refractivity contribution in [3.05, 3.63) is 23.7 Å². The molecule has 0 aliphatic rings. The molecule has 0 aromatic carbocycles. The first-order valence-corrected chi connectivity index (χ1v) is 4.69. The Balaban J connectivity index is 2.87. The van der Waals surface area contributed by atoms with E-state index in [0.717, 1.165) is 0 Å². The fraction of sp³-hybridized carbons (Fsp3) is 0.500. The van der Waals surface area contributed by atoms with Gasteiger partial charge in [-0.2, -0.15) is 0 Å². The summed E-state index contributed by atoms with van der Waals surface area (Å²) in [6.45, 7) is 4.98. The molecule has 0 saturated heterocycles. The van der Waals surface area contributed by atoms with Gasteiger partial charge in [0.1, 0.15) is 6.26 Å². The molecule has 4 nitrogen and oxygen atoms in total. The number of aliphatic hydroxyl groups excluding tert-OH is 1. The Kier molecular flexibility index (Phi) is 3.71. The molecule has 1 N–H and O–H groups in total. The van der Waals surface area contributed by atoms with Crippen LogP contribution in [0.5, 0.6) is 0 Å². The van der Waals surface area contributed by atoms with E-state index in [1.54, 1.807) is 4.90 Å². The molecule has 14 heavy (non-hydrogen) atoms. The van der Waals surface area contributed by atoms with Crippen molar-refractivity contribution in [1.29, 1.82) is 0 Å². The maximum Gasteiger partial charge on any atom is 0.257 e. The van der Waals surface area contributed by atoms with E-state index in [1.165, 1.54) is 12.5 Å². The van der Waals surface area contributed by atoms with Crippen LogP contribution in [0.2, 0.25) is 0 Å². The van der Waals surface area contributed by atoms with Crippen LogP contribution in [0.15, 0.2) is 16.9 Å². The van der Waals surface area contributed by atoms with Gasteiger partial charge < -0.3 is 14.4 Å². The van der Waals surface area contributed by atoms with E-state index >= 15 is 0 Å². The highest BCUT2D eigenvalue weighted by molar-refractivity contribution is 5.95. The number of hydrogen-bond acceptors (Lipinski definition) is 3. The molecule has 1 aromatic rings. The van der Waals surface area contributed by atoms with Crippen LogP contribution in [0.3, 0.4) is 0 Å². The van der Waals surface area contributed by atoms with Gasteiger partial charge in [-0.15, -0.1) is 0 Å². The molecule has 0 aliphatic heterocycles. The van der Waals surface area contributed by atoms with Gasteiger partial charge in [-0.25, -0.2) is 0 Å². The topological polar surface area (TPSA) is 53.7 Å². The second-order valence-corrected chi connectivity index (χ2v) is 2.95. The number of nitrogens with zero attached hydrogens (tertiary/aromatic N) is 1. The van der Waals surface area contributed by atoms with Crippen LogP contribution in [-0.2, 0) is 6.61 Å². The molecule has 0 radical (unpaired) electrons. The van der Waals surface area contributed by atoms with Crippen molar-refractivity contribution in [3.63, 3.8) is 0 Å². The SMILES string of the molecule is CCN(CC)C(=O)c1cocc1CO. The third-order valence-electron chi connectivity index (χ3n) is 2.19. The van der Waals surface area contributed by atoms with Gasteiger partial charge in [0.2, 0.25) is 0 Å². The Morgan fingerprint density at radius 3 is 2.57 bits per heavy atom. The van der Waals surface area contributed by atoms with Crippen LogP contribution < -0.4 is 0 Å². The van der Waals surface area contributed by atoms with Crippen molar-refractivity contribution >= 4 is 5.91 Å². The van der Waals surface area contributed by atoms with E-state index < -0.39 is 0 Å². The number of rotatable bonds is 4. The lowest BCUT2D eigenvalue weighted by Crippen LogP contribution is -2.30. The van der Waals surface area contributed by atoms with Crippen molar-refractivity contribution in [2.45, 2.75) is 20.5 Å². The van der Waals surface area contributed by atoms with Crippen LogP contribution in [0.4, 0.5) is 0 Å². The lowest BCUT2D eigenvalue weighted by molar-refractivity contribution is 0.0769. The normalized spacial score (nSPS) is 10.2. The summed E-state index contributed by atoms with van der Waals surface area (Å²) in [6, 6.07) is 0. The van der Waals surface area contributed by atoms with E-state index in [0.29, 0.717) is 24.2 Å². The second-order valence-electron chi connectivity index (χ2n) is 2.95. The summed E-state index contributed by atoms with van der Waals surface area (Å²) in [7, 11) is 0. The molecule has 1 aromatic heterocycles. The molecule has 0 fully saturated rings. The highest BCUT2D eigenvalue weighted by atomic mass is 16.3. The minimum atomic E-state index is -0.168. The fourth-order valence-electron chi connectivity index (χ4n) is 1.31. The number of amides is 1. The minimum absolute atomic E-state index is 0.0900. The summed E-state index contributed by atoms with van der Waals surface area (Å²) < 4.78 is 4.89. The van der Waals surface area contributed by atoms with Crippen LogP contribution in [0, 0.1) is 0 Å². The van der Waals surface area contributed by atoms with Gasteiger partial charge in [-0.3, -0.25) is 4.79 Å². The highest BCUT2D eigenvalue weighted by Crippen LogP contribution is 2.13. The Labute approximate surface area is 83.1 Å². The van der Waals surface area contributed by atoms with Crippen LogP contribution in [-0.4, -0.2) is 29.0 Å². The van der Waals surface area contributed by atoms with Gasteiger partial charge in [-0.05, 0) is 13.8 Å². The Morgan fingerprint density at radius 2 is 2.07 bits per heavy atom. The van der Waals surface area contributed by atoms with Gasteiger partial charge in [0.15, 0.2) is 0 Å². The van der Waals surface area contributed by atoms with E-state index in [1.807, 2.05) is 13.8 Å². The minimum Gasteiger partial charge on any atom is -0.471 e. The summed E-state index contributed by atoms with van der Waals surface area (Å²) >= 11 is 0. The van der Waals surface area contributed by atoms with Gasteiger partial charge >= 0.3 is 0 Å². The molecule has 0 spiro atoms. The molecule has 0 saturated carbocycles. The number of carbonyl (C=O) groups is 1. The highest BCUT2D eigenvalue weighted by Gasteiger charge is 2.17. The molecular weight excluding hydrogens is 182 g/mol. The van der Waals surface area contributed by atoms with Crippen molar-refractivity contribution in [3.8, 4) is 0 Å². The largest absolute Gasteiger partial charge is 0.471 e. The van der Waals surface area contributed by atoms with Gasteiger partial charge in [-0.1, -0.05) is 0 Å². The average Bonchev–Trinajstić information content (AvgIpc) is 2.67. The molecule has 0 unspecified atom stereocenters. The summed E-state index contributed by atoms with van der Waals surface area (Å²) in [5.74, 6) is -0.0900. The van der Waals surface area contributed by atoms with E-state index in [4.69, 9.17) is 9.52 Å². The monoisotopic (exact) mass is 197 g/mol. The molecular formula is C10H15NO3. The molecule has 78 valence electrons. The van der Waals surface area contributed by atoms with Crippen molar-refractivity contribution in [1.82, 2.24) is 4.90 Å². The molecule has 0 atom stereocenters. The standard InChI is InChI=1S/C10H15NO3/c1-3-11(4-2)10(13)9-7-14-6-8(9)5-12/h6-7,12H,3-5H2,1-2H3. The Bertz CT molecular complexity index is 302. The summed E-state index contributed by atoms with van der Waals surface area (Å²) in [4.78, 5) is 13.5. The van der Waals surface area contributed by atoms with Gasteiger partial charge in [0.25, 0.3) is 5.91 Å². The van der Waals surface area contributed by atoms with Gasteiger partial charge in [0, 0.05) is 18.7 Å². The number of hydrogen-bond donors (Lipinski definition) is 1. The molecule has 0 aliphatic carbocycles. The predicted molar refractivity (Wildman–Crippen MR) is 51.9 cm³/mol. The molecule has 4 heteroatoms. The smallest absolute Gasteiger partial charge is 0.257 e. The maximum atomic E-state index is 11.8. The lowest BCUT2D eigenvalue weighted by atomic mass is 10.2. The molecule has 0 bridgehead atoms. The quantitative estimate of drug-likeness (QED) is 0.790. The lowest BCUT2D eigenvalue weighted by Gasteiger charge is -2.17. The Hall–Kier alpha value is -1.29. The molecule has 1 heterocycles. The van der Waals surface area contributed by atoms with Crippen molar-refractivity contribution in [2.75, 3.05) is 13.1 Å². The first-order valence-electron chi connectivity index (χ1n) is 4.69. The summed E-state index contributed by atoms with van der Waals surface area (Å²) in [5.41, 5.74) is 0.998. The third-order valence-corrected chi connectivity index (χ3v) is 2.19. The van der Waals surface area contributed by atoms with E-state index in [2.05, 4.69) is 0 Å². The molecule has 1 rings (SSSR count). The van der Waals surface area contributed by atoms with Gasteiger partial charge in [0.05, 0.1) is 18.4 Å². The van der Waals surface area contributed by atoms with E-state index in [-0.39, 0.29) is 12.5 Å². The number of carbonyl (C=O) groups excluding carboxylic acids is 1. The van der Waals surface area contributed by atoms with Crippen molar-refractivity contribution in [2.24, 2.45) is 0 Å². The number of furan rings is 1. The summed E-state index contributed by atoms with van der Waals surface area (Å²) in [5, 5.41) is 8.95. The zero-order valence-electron chi connectivity index (χ0n) is 8.49. The van der Waals surface area contributed by atoms with E-state index in [9.17, 15) is 4.79 Å². The predicted octanol–water partition coefficient (Wildman–Crippen LogP) is 1.25. The molecule has 1 amide bonds. The van der Waals surface area contributed by atoms with Crippen molar-refractivity contribution < 1.29 is 14.3 Å². The van der Waals surface area contributed by atoms with Crippen LogP contribution >= 0.6 is 0 Å². The zero-order valence-corrected chi connectivity index (χ0v) is 8.49. The maximum absolute atomic E-state index is 11.8. The number of aliphatic hydroxyl groups is 1. The first-order chi connectivity index (χ1) is 6.74. The first kappa shape index (κ1) is 10.8. The van der Waals surface area contributed by atoms with Crippen LogP contribution in [0.25, 0.3) is 0 Å². The Morgan fingerprint density at radius 1 is 1.43 bits per heavy atom. The zero-order chi connectivity index (χ0) is 10.6. The third kappa shape index (κ3) is 1.96.